The summed E-state index contributed by atoms with van der Waals surface area (Å²) in [6, 6.07) is 2.09. The van der Waals surface area contributed by atoms with Crippen LogP contribution in [0.5, 0.6) is 0 Å². The first-order valence-electron chi connectivity index (χ1n) is 5.90. The van der Waals surface area contributed by atoms with Crippen molar-refractivity contribution in [2.24, 2.45) is 4.99 Å². The summed E-state index contributed by atoms with van der Waals surface area (Å²) in [4.78, 5) is 4.14. The Balaban J connectivity index is 0.00000162. The number of hydrogen-bond acceptors (Lipinski definition) is 3. The summed E-state index contributed by atoms with van der Waals surface area (Å²) in [5, 5.41) is 20.5. The van der Waals surface area contributed by atoms with Crippen LogP contribution in [-0.4, -0.2) is 30.3 Å². The Kier molecular flexibility index (Phi) is 6.37. The highest BCUT2D eigenvalue weighted by molar-refractivity contribution is 14.0. The zero-order valence-electron chi connectivity index (χ0n) is 10.5. The number of halogens is 1. The zero-order chi connectivity index (χ0) is 12.1. The molecule has 0 amide bonds. The van der Waals surface area contributed by atoms with E-state index in [4.69, 9.17) is 0 Å². The number of nitrogens with zero attached hydrogens (tertiary/aromatic N) is 1. The van der Waals surface area contributed by atoms with Crippen LogP contribution in [0.15, 0.2) is 21.8 Å². The van der Waals surface area contributed by atoms with E-state index in [9.17, 15) is 5.11 Å². The van der Waals surface area contributed by atoms with Crippen LogP contribution in [0.2, 0.25) is 0 Å². The molecule has 102 valence electrons. The van der Waals surface area contributed by atoms with Crippen LogP contribution >= 0.6 is 35.3 Å². The maximum absolute atomic E-state index is 9.96. The predicted octanol–water partition coefficient (Wildman–Crippen LogP) is 1.95. The molecule has 1 aromatic rings. The van der Waals surface area contributed by atoms with E-state index in [0.29, 0.717) is 6.54 Å². The summed E-state index contributed by atoms with van der Waals surface area (Å²) >= 11 is 1.69. The number of rotatable bonds is 4. The Labute approximate surface area is 129 Å². The lowest BCUT2D eigenvalue weighted by atomic mass is 9.80. The highest BCUT2D eigenvalue weighted by Gasteiger charge is 2.34. The molecule has 0 unspecified atom stereocenters. The number of thiophene rings is 1. The largest absolute Gasteiger partial charge is 0.388 e. The molecule has 3 N–H and O–H groups in total. The van der Waals surface area contributed by atoms with Crippen molar-refractivity contribution in [3.05, 3.63) is 22.4 Å². The fraction of sp³-hybridized carbons (Fsp3) is 0.583. The summed E-state index contributed by atoms with van der Waals surface area (Å²) in [6.07, 6.45) is 2.90. The standard InChI is InChI=1S/C12H19N3OS.HI/c1-13-11(14-7-10-3-6-17-8-10)15-9-12(16)4-2-5-12;/h3,6,8,16H,2,4-5,7,9H2,1H3,(H2,13,14,15);1H. The minimum Gasteiger partial charge on any atom is -0.388 e. The molecule has 0 aliphatic heterocycles. The van der Waals surface area contributed by atoms with Crippen LogP contribution in [0.3, 0.4) is 0 Å². The van der Waals surface area contributed by atoms with Gasteiger partial charge in [0.05, 0.1) is 5.60 Å². The summed E-state index contributed by atoms with van der Waals surface area (Å²) in [5.74, 6) is 0.747. The molecule has 1 aliphatic carbocycles. The van der Waals surface area contributed by atoms with Crippen molar-refractivity contribution < 1.29 is 5.11 Å². The fourth-order valence-corrected chi connectivity index (χ4v) is 2.48. The van der Waals surface area contributed by atoms with Gasteiger partial charge in [0.1, 0.15) is 0 Å². The van der Waals surface area contributed by atoms with Gasteiger partial charge in [-0.05, 0) is 41.7 Å². The van der Waals surface area contributed by atoms with Crippen molar-refractivity contribution in [1.29, 1.82) is 0 Å². The van der Waals surface area contributed by atoms with Crippen LogP contribution < -0.4 is 10.6 Å². The molecule has 1 heterocycles. The molecule has 1 fully saturated rings. The monoisotopic (exact) mass is 381 g/mol. The van der Waals surface area contributed by atoms with Crippen LogP contribution in [0.4, 0.5) is 0 Å². The molecule has 2 rings (SSSR count). The van der Waals surface area contributed by atoms with Gasteiger partial charge in [-0.2, -0.15) is 11.3 Å². The van der Waals surface area contributed by atoms with Crippen LogP contribution in [0.25, 0.3) is 0 Å². The molecular formula is C12H20IN3OS. The Hall–Kier alpha value is -0.340. The maximum atomic E-state index is 9.96. The van der Waals surface area contributed by atoms with E-state index >= 15 is 0 Å². The van der Waals surface area contributed by atoms with Gasteiger partial charge in [0.25, 0.3) is 0 Å². The SMILES string of the molecule is CN=C(NCc1ccsc1)NCC1(O)CCC1.I. The second-order valence-corrected chi connectivity index (χ2v) is 5.27. The molecule has 0 aromatic carbocycles. The zero-order valence-corrected chi connectivity index (χ0v) is 13.6. The van der Waals surface area contributed by atoms with E-state index in [1.165, 1.54) is 5.56 Å². The van der Waals surface area contributed by atoms with Crippen LogP contribution in [0.1, 0.15) is 24.8 Å². The average molecular weight is 381 g/mol. The van der Waals surface area contributed by atoms with Gasteiger partial charge in [-0.1, -0.05) is 0 Å². The number of hydrogen-bond donors (Lipinski definition) is 3. The minimum absolute atomic E-state index is 0. The third-order valence-electron chi connectivity index (χ3n) is 3.13. The van der Waals surface area contributed by atoms with Crippen molar-refractivity contribution in [2.45, 2.75) is 31.4 Å². The van der Waals surface area contributed by atoms with Crippen LogP contribution in [0, 0.1) is 0 Å². The predicted molar refractivity (Wildman–Crippen MR) is 86.7 cm³/mol. The lowest BCUT2D eigenvalue weighted by molar-refractivity contribution is -0.0279. The topological polar surface area (TPSA) is 56.7 Å². The summed E-state index contributed by atoms with van der Waals surface area (Å²) in [7, 11) is 1.74. The lowest BCUT2D eigenvalue weighted by Crippen LogP contribution is -2.50. The summed E-state index contributed by atoms with van der Waals surface area (Å²) in [6.45, 7) is 1.35. The Bertz CT molecular complexity index is 377. The molecule has 0 radical (unpaired) electrons. The van der Waals surface area contributed by atoms with E-state index in [1.807, 2.05) is 0 Å². The highest BCUT2D eigenvalue weighted by Crippen LogP contribution is 2.30. The van der Waals surface area contributed by atoms with Gasteiger partial charge in [-0.15, -0.1) is 24.0 Å². The van der Waals surface area contributed by atoms with E-state index in [-0.39, 0.29) is 24.0 Å². The summed E-state index contributed by atoms with van der Waals surface area (Å²) < 4.78 is 0. The Morgan fingerprint density at radius 1 is 1.50 bits per heavy atom. The van der Waals surface area contributed by atoms with Gasteiger partial charge < -0.3 is 15.7 Å². The number of nitrogens with one attached hydrogen (secondary N) is 2. The number of aliphatic imine (C=N–C) groups is 1. The molecule has 0 bridgehead atoms. The molecule has 1 saturated carbocycles. The van der Waals surface area contributed by atoms with Crippen molar-refractivity contribution in [3.63, 3.8) is 0 Å². The minimum atomic E-state index is -0.514. The first-order chi connectivity index (χ1) is 8.22. The third kappa shape index (κ3) is 4.40. The molecule has 18 heavy (non-hydrogen) atoms. The number of guanidine groups is 1. The molecule has 0 atom stereocenters. The molecule has 1 aromatic heterocycles. The molecule has 0 spiro atoms. The van der Waals surface area contributed by atoms with Crippen molar-refractivity contribution >= 4 is 41.3 Å². The fourth-order valence-electron chi connectivity index (χ4n) is 1.81. The van der Waals surface area contributed by atoms with Crippen molar-refractivity contribution in [3.8, 4) is 0 Å². The van der Waals surface area contributed by atoms with E-state index in [0.717, 1.165) is 31.8 Å². The molecule has 0 saturated heterocycles. The summed E-state index contributed by atoms with van der Waals surface area (Å²) in [5.41, 5.74) is 0.736. The van der Waals surface area contributed by atoms with Gasteiger partial charge in [0, 0.05) is 20.1 Å². The highest BCUT2D eigenvalue weighted by atomic mass is 127. The van der Waals surface area contributed by atoms with Crippen LogP contribution in [-0.2, 0) is 6.54 Å². The first-order valence-corrected chi connectivity index (χ1v) is 6.84. The van der Waals surface area contributed by atoms with Crippen molar-refractivity contribution in [1.82, 2.24) is 10.6 Å². The van der Waals surface area contributed by atoms with Gasteiger partial charge >= 0.3 is 0 Å². The second kappa shape index (κ2) is 7.30. The number of aliphatic hydroxyl groups is 1. The van der Waals surface area contributed by atoms with E-state index in [2.05, 4.69) is 32.5 Å². The maximum Gasteiger partial charge on any atom is 0.191 e. The van der Waals surface area contributed by atoms with Gasteiger partial charge in [0.15, 0.2) is 5.96 Å². The Morgan fingerprint density at radius 3 is 2.78 bits per heavy atom. The quantitative estimate of drug-likeness (QED) is 0.425. The van der Waals surface area contributed by atoms with Gasteiger partial charge in [-0.25, -0.2) is 0 Å². The van der Waals surface area contributed by atoms with E-state index < -0.39 is 5.60 Å². The molecule has 6 heteroatoms. The lowest BCUT2D eigenvalue weighted by Gasteiger charge is -2.36. The van der Waals surface area contributed by atoms with Crippen molar-refractivity contribution in [2.75, 3.05) is 13.6 Å². The third-order valence-corrected chi connectivity index (χ3v) is 3.86. The second-order valence-electron chi connectivity index (χ2n) is 4.49. The Morgan fingerprint density at radius 2 is 2.28 bits per heavy atom. The molecule has 4 nitrogen and oxygen atoms in total. The normalized spacial score (nSPS) is 17.6. The van der Waals surface area contributed by atoms with Gasteiger partial charge in [-0.3, -0.25) is 4.99 Å². The van der Waals surface area contributed by atoms with Gasteiger partial charge in [0.2, 0.25) is 0 Å². The first kappa shape index (κ1) is 15.7. The van der Waals surface area contributed by atoms with E-state index in [1.54, 1.807) is 18.4 Å². The molecular weight excluding hydrogens is 361 g/mol. The molecule has 1 aliphatic rings. The average Bonchev–Trinajstić information content (AvgIpc) is 2.80. The smallest absolute Gasteiger partial charge is 0.191 e.